The van der Waals surface area contributed by atoms with Gasteiger partial charge in [0.1, 0.15) is 12.4 Å². The van der Waals surface area contributed by atoms with Crippen LogP contribution in [0.1, 0.15) is 43.8 Å². The Morgan fingerprint density at radius 3 is 2.21 bits per heavy atom. The van der Waals surface area contributed by atoms with Crippen LogP contribution in [0.4, 0.5) is 32.0 Å². The summed E-state index contributed by atoms with van der Waals surface area (Å²) < 4.78 is 83.0. The maximum atomic E-state index is 13.3. The van der Waals surface area contributed by atoms with Gasteiger partial charge in [-0.2, -0.15) is 26.3 Å². The van der Waals surface area contributed by atoms with Crippen LogP contribution in [-0.2, 0) is 17.2 Å². The number of nitrogens with zero attached hydrogens (tertiary/aromatic N) is 1. The van der Waals surface area contributed by atoms with Crippen LogP contribution in [0.2, 0.25) is 0 Å². The van der Waals surface area contributed by atoms with Crippen molar-refractivity contribution in [2.75, 3.05) is 18.5 Å². The first-order valence-electron chi connectivity index (χ1n) is 11.2. The van der Waals surface area contributed by atoms with Gasteiger partial charge in [0.15, 0.2) is 0 Å². The maximum Gasteiger partial charge on any atom is 0.417 e. The van der Waals surface area contributed by atoms with Crippen LogP contribution in [0, 0.1) is 0 Å². The van der Waals surface area contributed by atoms with Crippen LogP contribution in [0.15, 0.2) is 71.9 Å². The Hall–Kier alpha value is -4.55. The van der Waals surface area contributed by atoms with E-state index in [0.717, 1.165) is 36.4 Å². The molecule has 0 aliphatic heterocycles. The summed E-state index contributed by atoms with van der Waals surface area (Å²) in [6.07, 6.45) is -7.70. The lowest BCUT2D eigenvalue weighted by molar-refractivity contribution is -0.138. The molecule has 13 heteroatoms. The van der Waals surface area contributed by atoms with Crippen molar-refractivity contribution >= 4 is 23.8 Å². The molecule has 0 aromatic heterocycles. The predicted octanol–water partition coefficient (Wildman–Crippen LogP) is 6.49. The van der Waals surface area contributed by atoms with Crippen molar-refractivity contribution in [2.45, 2.75) is 18.8 Å². The fourth-order valence-corrected chi connectivity index (χ4v) is 3.24. The van der Waals surface area contributed by atoms with E-state index in [4.69, 9.17) is 9.57 Å². The molecule has 0 atom stereocenters. The van der Waals surface area contributed by atoms with Gasteiger partial charge in [-0.05, 0) is 42.0 Å². The normalized spacial score (nSPS) is 11.8. The van der Waals surface area contributed by atoms with Gasteiger partial charge in [0, 0.05) is 12.5 Å². The summed E-state index contributed by atoms with van der Waals surface area (Å²) in [5.74, 6) is -2.44. The van der Waals surface area contributed by atoms with Gasteiger partial charge in [-0.25, -0.2) is 4.79 Å². The Morgan fingerprint density at radius 1 is 0.872 bits per heavy atom. The number of rotatable bonds is 10. The monoisotopic (exact) mass is 554 g/mol. The number of carboxylic acid groups (broad SMARTS) is 1. The highest BCUT2D eigenvalue weighted by Crippen LogP contribution is 2.33. The van der Waals surface area contributed by atoms with Gasteiger partial charge >= 0.3 is 18.3 Å². The summed E-state index contributed by atoms with van der Waals surface area (Å²) in [4.78, 5) is 29.1. The molecule has 3 aromatic carbocycles. The zero-order valence-corrected chi connectivity index (χ0v) is 19.8. The third-order valence-corrected chi connectivity index (χ3v) is 5.11. The summed E-state index contributed by atoms with van der Waals surface area (Å²) in [6.45, 7) is 0.134. The minimum Gasteiger partial charge on any atom is -0.493 e. The standard InChI is InChI=1S/C26H20F6N2O5/c27-25(28,29)17-8-6-16(7-9-17)15-33-39-13-3-12-38-18-10-11-20(24(36)37)22(14-18)34-23(35)19-4-1-2-5-21(19)26(30,31)32/h1-2,4-11,14-15H,3,12-13H2,(H,34,35)(H,36,37)/b33-15+. The molecule has 3 aromatic rings. The first kappa shape index (κ1) is 29.0. The Labute approximate surface area is 217 Å². The molecule has 0 spiro atoms. The Kier molecular flexibility index (Phi) is 9.17. The molecule has 2 N–H and O–H groups in total. The van der Waals surface area contributed by atoms with Crippen LogP contribution in [0.25, 0.3) is 0 Å². The minimum atomic E-state index is -4.79. The Balaban J connectivity index is 1.56. The number of aromatic carboxylic acids is 1. The SMILES string of the molecule is O=C(O)c1ccc(OCCCO/N=C/c2ccc(C(F)(F)F)cc2)cc1NC(=O)c1ccccc1C(F)(F)F. The van der Waals surface area contributed by atoms with E-state index in [1.54, 1.807) is 0 Å². The quantitative estimate of drug-likeness (QED) is 0.129. The third kappa shape index (κ3) is 8.22. The van der Waals surface area contributed by atoms with Crippen molar-refractivity contribution in [1.29, 1.82) is 0 Å². The van der Waals surface area contributed by atoms with Gasteiger partial charge < -0.3 is 20.0 Å². The van der Waals surface area contributed by atoms with Crippen LogP contribution >= 0.6 is 0 Å². The smallest absolute Gasteiger partial charge is 0.417 e. The number of carbonyl (C=O) groups excluding carboxylic acids is 1. The molecule has 3 rings (SSSR count). The summed E-state index contributed by atoms with van der Waals surface area (Å²) in [5, 5.41) is 15.3. The number of alkyl halides is 6. The number of benzene rings is 3. The third-order valence-electron chi connectivity index (χ3n) is 5.11. The van der Waals surface area contributed by atoms with E-state index in [0.29, 0.717) is 12.0 Å². The molecule has 0 saturated heterocycles. The Bertz CT molecular complexity index is 1340. The van der Waals surface area contributed by atoms with Gasteiger partial charge in [0.05, 0.1) is 40.8 Å². The second-order valence-corrected chi connectivity index (χ2v) is 7.90. The number of hydrogen-bond acceptors (Lipinski definition) is 5. The number of hydrogen-bond donors (Lipinski definition) is 2. The number of ether oxygens (including phenoxy) is 1. The Morgan fingerprint density at radius 2 is 1.56 bits per heavy atom. The van der Waals surface area contributed by atoms with Crippen molar-refractivity contribution in [3.63, 3.8) is 0 Å². The fraction of sp³-hybridized carbons (Fsp3) is 0.192. The number of carbonyl (C=O) groups is 2. The lowest BCUT2D eigenvalue weighted by Gasteiger charge is -2.15. The van der Waals surface area contributed by atoms with Gasteiger partial charge in [-0.1, -0.05) is 29.4 Å². The molecule has 0 saturated carbocycles. The second kappa shape index (κ2) is 12.3. The molecular weight excluding hydrogens is 534 g/mol. The number of anilines is 1. The zero-order chi connectivity index (χ0) is 28.6. The highest BCUT2D eigenvalue weighted by molar-refractivity contribution is 6.08. The van der Waals surface area contributed by atoms with Crippen molar-refractivity contribution < 1.29 is 50.6 Å². The van der Waals surface area contributed by atoms with E-state index in [1.165, 1.54) is 36.5 Å². The summed E-state index contributed by atoms with van der Waals surface area (Å²) in [7, 11) is 0. The van der Waals surface area contributed by atoms with Gasteiger partial charge in [-0.3, -0.25) is 4.79 Å². The fourth-order valence-electron chi connectivity index (χ4n) is 3.24. The van der Waals surface area contributed by atoms with Crippen LogP contribution in [0.5, 0.6) is 5.75 Å². The first-order chi connectivity index (χ1) is 18.4. The minimum absolute atomic E-state index is 0.0620. The highest BCUT2D eigenvalue weighted by atomic mass is 19.4. The topological polar surface area (TPSA) is 97.2 Å². The molecule has 0 aliphatic rings. The maximum absolute atomic E-state index is 13.3. The lowest BCUT2D eigenvalue weighted by atomic mass is 10.1. The molecule has 0 unspecified atom stereocenters. The molecule has 7 nitrogen and oxygen atoms in total. The van der Waals surface area contributed by atoms with Gasteiger partial charge in [-0.15, -0.1) is 0 Å². The van der Waals surface area contributed by atoms with Crippen molar-refractivity contribution in [2.24, 2.45) is 5.16 Å². The van der Waals surface area contributed by atoms with E-state index in [2.05, 4.69) is 10.5 Å². The number of nitrogens with one attached hydrogen (secondary N) is 1. The average molecular weight is 554 g/mol. The summed E-state index contributed by atoms with van der Waals surface area (Å²) in [6, 6.07) is 12.0. The van der Waals surface area contributed by atoms with Crippen molar-refractivity contribution in [3.05, 3.63) is 94.5 Å². The summed E-state index contributed by atoms with van der Waals surface area (Å²) >= 11 is 0. The highest BCUT2D eigenvalue weighted by Gasteiger charge is 2.35. The van der Waals surface area contributed by atoms with Crippen molar-refractivity contribution in [1.82, 2.24) is 0 Å². The molecule has 39 heavy (non-hydrogen) atoms. The molecule has 0 heterocycles. The van der Waals surface area contributed by atoms with Crippen LogP contribution < -0.4 is 10.1 Å². The molecule has 1 amide bonds. The summed E-state index contributed by atoms with van der Waals surface area (Å²) in [5.41, 5.74) is -2.87. The molecular formula is C26H20F6N2O5. The zero-order valence-electron chi connectivity index (χ0n) is 19.8. The lowest BCUT2D eigenvalue weighted by Crippen LogP contribution is -2.20. The molecule has 0 aliphatic carbocycles. The molecule has 0 radical (unpaired) electrons. The van der Waals surface area contributed by atoms with Gasteiger partial charge in [0.2, 0.25) is 0 Å². The van der Waals surface area contributed by atoms with E-state index in [1.807, 2.05) is 0 Å². The largest absolute Gasteiger partial charge is 0.493 e. The van der Waals surface area contributed by atoms with E-state index in [-0.39, 0.29) is 30.2 Å². The average Bonchev–Trinajstić information content (AvgIpc) is 2.87. The predicted molar refractivity (Wildman–Crippen MR) is 128 cm³/mol. The van der Waals surface area contributed by atoms with Crippen molar-refractivity contribution in [3.8, 4) is 5.75 Å². The molecule has 0 fully saturated rings. The van der Waals surface area contributed by atoms with E-state index < -0.39 is 40.9 Å². The van der Waals surface area contributed by atoms with E-state index in [9.17, 15) is 41.0 Å². The van der Waals surface area contributed by atoms with Crippen LogP contribution in [0.3, 0.4) is 0 Å². The number of amides is 1. The van der Waals surface area contributed by atoms with Gasteiger partial charge in [0.25, 0.3) is 5.91 Å². The molecule has 0 bridgehead atoms. The number of carboxylic acids is 1. The number of oxime groups is 1. The van der Waals surface area contributed by atoms with Crippen LogP contribution in [-0.4, -0.2) is 36.4 Å². The van der Waals surface area contributed by atoms with E-state index >= 15 is 0 Å². The second-order valence-electron chi connectivity index (χ2n) is 7.90. The number of halogens is 6. The molecule has 206 valence electrons. The first-order valence-corrected chi connectivity index (χ1v) is 11.2.